The Labute approximate surface area is 139 Å². The van der Waals surface area contributed by atoms with Crippen molar-refractivity contribution in [2.75, 3.05) is 12.4 Å². The molecule has 0 bridgehead atoms. The minimum absolute atomic E-state index is 0.370. The molecule has 4 atom stereocenters. The molecule has 2 fully saturated rings. The fourth-order valence-corrected chi connectivity index (χ4v) is 6.22. The summed E-state index contributed by atoms with van der Waals surface area (Å²) in [4.78, 5) is 3.14. The SMILES string of the molecule is C[C@]1(Cc2ccccc2)[C@]2(C#N)C(N)=[NH+][C@@]3(OCCS3)[C@]12C#N. The minimum atomic E-state index is -1.03. The number of hydrogen-bond acceptors (Lipinski definition) is 5. The molecule has 1 aromatic carbocycles. The van der Waals surface area contributed by atoms with Crippen LogP contribution in [0.15, 0.2) is 30.3 Å². The van der Waals surface area contributed by atoms with Crippen molar-refractivity contribution in [3.63, 3.8) is 0 Å². The van der Waals surface area contributed by atoms with Gasteiger partial charge in [0.1, 0.15) is 0 Å². The Kier molecular flexibility index (Phi) is 2.71. The number of ether oxygens (including phenoxy) is 1. The largest absolute Gasteiger partial charge is 0.327 e. The van der Waals surface area contributed by atoms with Gasteiger partial charge < -0.3 is 4.74 Å². The number of amidine groups is 1. The Morgan fingerprint density at radius 1 is 1.30 bits per heavy atom. The van der Waals surface area contributed by atoms with E-state index in [9.17, 15) is 10.5 Å². The number of nitrogens with two attached hydrogens (primary N) is 1. The molecule has 6 heteroatoms. The Morgan fingerprint density at radius 3 is 2.61 bits per heavy atom. The van der Waals surface area contributed by atoms with Crippen LogP contribution in [0.25, 0.3) is 0 Å². The molecule has 1 spiro atoms. The molecule has 1 saturated carbocycles. The number of hydrogen-bond donors (Lipinski definition) is 2. The molecule has 3 N–H and O–H groups in total. The second-order valence-corrected chi connectivity index (χ2v) is 7.84. The predicted octanol–water partition coefficient (Wildman–Crippen LogP) is 0.138. The summed E-state index contributed by atoms with van der Waals surface area (Å²) < 4.78 is 5.96. The summed E-state index contributed by atoms with van der Waals surface area (Å²) in [5.74, 6) is 1.15. The van der Waals surface area contributed by atoms with Gasteiger partial charge in [0.2, 0.25) is 0 Å². The highest BCUT2D eigenvalue weighted by atomic mass is 32.2. The second kappa shape index (κ2) is 4.29. The predicted molar refractivity (Wildman–Crippen MR) is 85.6 cm³/mol. The van der Waals surface area contributed by atoms with Gasteiger partial charge in [0.25, 0.3) is 10.9 Å². The van der Waals surface area contributed by atoms with Crippen LogP contribution in [0.2, 0.25) is 0 Å². The maximum Gasteiger partial charge on any atom is 0.277 e. The molecular formula is C17H17N4OS+. The quantitative estimate of drug-likeness (QED) is 0.806. The van der Waals surface area contributed by atoms with Crippen molar-refractivity contribution in [3.8, 4) is 12.1 Å². The Hall–Kier alpha value is -2.02. The van der Waals surface area contributed by atoms with E-state index in [1.54, 1.807) is 11.8 Å². The van der Waals surface area contributed by atoms with E-state index in [1.807, 2.05) is 37.3 Å². The average Bonchev–Trinajstić information content (AvgIpc) is 2.86. The van der Waals surface area contributed by atoms with Gasteiger partial charge in [-0.1, -0.05) is 49.0 Å². The maximum atomic E-state index is 10.1. The number of fused-ring (bicyclic) bond motifs is 2. The fourth-order valence-electron chi connectivity index (χ4n) is 4.78. The van der Waals surface area contributed by atoms with Gasteiger partial charge in [-0.25, -0.2) is 4.99 Å². The summed E-state index contributed by atoms with van der Waals surface area (Å²) in [5.41, 5.74) is 4.75. The second-order valence-electron chi connectivity index (χ2n) is 6.57. The van der Waals surface area contributed by atoms with Gasteiger partial charge >= 0.3 is 0 Å². The lowest BCUT2D eigenvalue weighted by molar-refractivity contribution is -0.585. The standard InChI is InChI=1S/C17H16N4OS/c1-14(9-12-5-3-2-4-6-12)15(10-18)13(20)21-17(16(14,15)11-19)22-7-8-23-17/h2-6H,7-9H2,1H3,(H2,20,21)/p+1/t14-,15-,16+,17+/m0/s1. The first kappa shape index (κ1) is 14.6. The highest BCUT2D eigenvalue weighted by molar-refractivity contribution is 8.00. The van der Waals surface area contributed by atoms with Gasteiger partial charge in [-0.2, -0.15) is 10.5 Å². The third kappa shape index (κ3) is 1.28. The van der Waals surface area contributed by atoms with E-state index in [4.69, 9.17) is 10.5 Å². The summed E-state index contributed by atoms with van der Waals surface area (Å²) in [6, 6.07) is 14.8. The highest BCUT2D eigenvalue weighted by Crippen LogP contribution is 2.84. The third-order valence-electron chi connectivity index (χ3n) is 5.78. The summed E-state index contributed by atoms with van der Waals surface area (Å²) in [6.07, 6.45) is 0.614. The zero-order chi connectivity index (χ0) is 16.3. The van der Waals surface area contributed by atoms with Gasteiger partial charge in [0.05, 0.1) is 18.7 Å². The molecule has 1 aliphatic carbocycles. The van der Waals surface area contributed by atoms with Gasteiger partial charge in [-0.15, -0.1) is 0 Å². The molecule has 116 valence electrons. The van der Waals surface area contributed by atoms with Crippen LogP contribution in [0.4, 0.5) is 0 Å². The van der Waals surface area contributed by atoms with E-state index in [2.05, 4.69) is 17.1 Å². The van der Waals surface area contributed by atoms with Gasteiger partial charge in [-0.3, -0.25) is 5.73 Å². The maximum absolute atomic E-state index is 10.1. The molecule has 5 nitrogen and oxygen atoms in total. The number of nitriles is 2. The summed E-state index contributed by atoms with van der Waals surface area (Å²) in [6.45, 7) is 2.54. The number of nitrogens with one attached hydrogen (secondary N) is 1. The van der Waals surface area contributed by atoms with E-state index >= 15 is 0 Å². The minimum Gasteiger partial charge on any atom is -0.327 e. The number of nitrogens with zero attached hydrogens (tertiary/aromatic N) is 2. The number of benzene rings is 1. The first-order valence-corrected chi connectivity index (χ1v) is 8.57. The molecule has 2 heterocycles. The van der Waals surface area contributed by atoms with Crippen molar-refractivity contribution in [2.24, 2.45) is 22.0 Å². The van der Waals surface area contributed by atoms with Gasteiger partial charge in [-0.05, 0) is 12.0 Å². The van der Waals surface area contributed by atoms with Crippen molar-refractivity contribution < 1.29 is 9.73 Å². The van der Waals surface area contributed by atoms with E-state index in [1.165, 1.54) is 0 Å². The van der Waals surface area contributed by atoms with Crippen LogP contribution in [0.3, 0.4) is 0 Å². The van der Waals surface area contributed by atoms with Gasteiger partial charge in [0.15, 0.2) is 10.8 Å². The molecular weight excluding hydrogens is 308 g/mol. The Balaban J connectivity index is 1.88. The molecule has 0 unspecified atom stereocenters. The Morgan fingerprint density at radius 2 is 2.04 bits per heavy atom. The third-order valence-corrected chi connectivity index (χ3v) is 7.09. The normalized spacial score (nSPS) is 43.5. The van der Waals surface area contributed by atoms with Crippen LogP contribution >= 0.6 is 11.8 Å². The smallest absolute Gasteiger partial charge is 0.277 e. The van der Waals surface area contributed by atoms with Crippen LogP contribution < -0.4 is 10.7 Å². The Bertz CT molecular complexity index is 789. The van der Waals surface area contributed by atoms with E-state index in [0.717, 1.165) is 11.3 Å². The molecule has 1 saturated heterocycles. The van der Waals surface area contributed by atoms with E-state index < -0.39 is 21.3 Å². The molecule has 3 aliphatic rings. The van der Waals surface area contributed by atoms with Crippen LogP contribution in [-0.2, 0) is 11.2 Å². The zero-order valence-corrected chi connectivity index (χ0v) is 13.6. The summed E-state index contributed by atoms with van der Waals surface area (Å²) >= 11 is 1.55. The van der Waals surface area contributed by atoms with Crippen LogP contribution in [0, 0.1) is 38.9 Å². The lowest BCUT2D eigenvalue weighted by Crippen LogP contribution is -2.88. The first-order chi connectivity index (χ1) is 11.0. The van der Waals surface area contributed by atoms with E-state index in [0.29, 0.717) is 18.9 Å². The zero-order valence-electron chi connectivity index (χ0n) is 12.8. The lowest BCUT2D eigenvalue weighted by atomic mass is 9.86. The van der Waals surface area contributed by atoms with Crippen LogP contribution in [0.1, 0.15) is 12.5 Å². The fraction of sp³-hybridized carbons (Fsp3) is 0.471. The average molecular weight is 325 g/mol. The molecule has 0 radical (unpaired) electrons. The summed E-state index contributed by atoms with van der Waals surface area (Å²) in [7, 11) is 0. The number of rotatable bonds is 2. The van der Waals surface area contributed by atoms with E-state index in [-0.39, 0.29) is 0 Å². The van der Waals surface area contributed by atoms with Crippen LogP contribution in [-0.4, -0.2) is 23.3 Å². The molecule has 1 aromatic rings. The molecule has 23 heavy (non-hydrogen) atoms. The lowest BCUT2D eigenvalue weighted by Gasteiger charge is -2.27. The van der Waals surface area contributed by atoms with Crippen molar-refractivity contribution >= 4 is 17.6 Å². The molecule has 4 rings (SSSR count). The highest BCUT2D eigenvalue weighted by Gasteiger charge is 3.01. The van der Waals surface area contributed by atoms with Crippen molar-refractivity contribution in [2.45, 2.75) is 18.4 Å². The van der Waals surface area contributed by atoms with Crippen molar-refractivity contribution in [1.29, 1.82) is 10.5 Å². The first-order valence-electron chi connectivity index (χ1n) is 7.59. The van der Waals surface area contributed by atoms with Crippen molar-refractivity contribution in [3.05, 3.63) is 35.9 Å². The molecule has 0 aromatic heterocycles. The van der Waals surface area contributed by atoms with Gasteiger partial charge in [0, 0.05) is 11.2 Å². The van der Waals surface area contributed by atoms with Crippen molar-refractivity contribution in [1.82, 2.24) is 0 Å². The number of thioether (sulfide) groups is 1. The van der Waals surface area contributed by atoms with Crippen LogP contribution in [0.5, 0.6) is 0 Å². The monoisotopic (exact) mass is 325 g/mol. The summed E-state index contributed by atoms with van der Waals surface area (Å²) in [5, 5.41) is 19.2. The molecule has 0 amide bonds. The molecule has 2 aliphatic heterocycles. The topological polar surface area (TPSA) is 96.8 Å².